The van der Waals surface area contributed by atoms with E-state index in [4.69, 9.17) is 9.47 Å². The standard InChI is InChI=1S/C23H23NO6/c1-29-10-3-9-24-20(15-4-2-5-17(25)13-15)19(22(27)23(24)28)21(26)16-6-7-18-14(12-16)8-11-30-18/h2,4-7,12-13,20,25-26H,3,8-11H2,1H3/b21-19-. The van der Waals surface area contributed by atoms with Crippen LogP contribution in [0.5, 0.6) is 11.5 Å². The van der Waals surface area contributed by atoms with Gasteiger partial charge in [-0.1, -0.05) is 12.1 Å². The van der Waals surface area contributed by atoms with Crippen LogP contribution in [0.4, 0.5) is 0 Å². The first kappa shape index (κ1) is 20.0. The van der Waals surface area contributed by atoms with E-state index in [2.05, 4.69) is 0 Å². The molecule has 7 nitrogen and oxygen atoms in total. The summed E-state index contributed by atoms with van der Waals surface area (Å²) in [5.74, 6) is -0.869. The lowest BCUT2D eigenvalue weighted by atomic mass is 9.94. The second kappa shape index (κ2) is 8.20. The maximum Gasteiger partial charge on any atom is 0.295 e. The molecule has 2 heterocycles. The topological polar surface area (TPSA) is 96.3 Å². The van der Waals surface area contributed by atoms with Gasteiger partial charge >= 0.3 is 0 Å². The van der Waals surface area contributed by atoms with E-state index in [1.54, 1.807) is 37.4 Å². The number of phenols is 1. The van der Waals surface area contributed by atoms with Crippen molar-refractivity contribution in [3.05, 3.63) is 64.7 Å². The van der Waals surface area contributed by atoms with Gasteiger partial charge < -0.3 is 24.6 Å². The van der Waals surface area contributed by atoms with Crippen molar-refractivity contribution < 1.29 is 29.3 Å². The highest BCUT2D eigenvalue weighted by molar-refractivity contribution is 6.46. The van der Waals surface area contributed by atoms with Gasteiger partial charge in [-0.2, -0.15) is 0 Å². The third-order valence-corrected chi connectivity index (χ3v) is 5.44. The molecule has 0 saturated carbocycles. The number of amides is 1. The Kier molecular flexibility index (Phi) is 5.46. The number of hydrogen-bond acceptors (Lipinski definition) is 6. The number of aromatic hydroxyl groups is 1. The summed E-state index contributed by atoms with van der Waals surface area (Å²) in [7, 11) is 1.57. The van der Waals surface area contributed by atoms with Gasteiger partial charge in [0.25, 0.3) is 11.7 Å². The van der Waals surface area contributed by atoms with E-state index in [1.165, 1.54) is 17.0 Å². The number of hydrogen-bond donors (Lipinski definition) is 2. The van der Waals surface area contributed by atoms with Gasteiger partial charge in [-0.05, 0) is 47.9 Å². The molecule has 1 amide bonds. The summed E-state index contributed by atoms with van der Waals surface area (Å²) < 4.78 is 10.6. The molecule has 0 aromatic heterocycles. The van der Waals surface area contributed by atoms with E-state index in [1.807, 2.05) is 0 Å². The van der Waals surface area contributed by atoms with Crippen LogP contribution in [0.15, 0.2) is 48.0 Å². The van der Waals surface area contributed by atoms with Crippen molar-refractivity contribution in [2.45, 2.75) is 18.9 Å². The largest absolute Gasteiger partial charge is 0.508 e. The first-order chi connectivity index (χ1) is 14.5. The number of phenolic OH excluding ortho intramolecular Hbond substituents is 1. The number of methoxy groups -OCH3 is 1. The number of aliphatic hydroxyl groups is 1. The number of ketones is 1. The Bertz CT molecular complexity index is 1030. The minimum Gasteiger partial charge on any atom is -0.508 e. The second-order valence-corrected chi connectivity index (χ2v) is 7.35. The monoisotopic (exact) mass is 409 g/mol. The molecule has 7 heteroatoms. The molecule has 0 spiro atoms. The van der Waals surface area contributed by atoms with Crippen LogP contribution in [0.2, 0.25) is 0 Å². The molecule has 2 aromatic rings. The fourth-order valence-electron chi connectivity index (χ4n) is 4.02. The summed E-state index contributed by atoms with van der Waals surface area (Å²) >= 11 is 0. The number of carbonyl (C=O) groups is 2. The maximum absolute atomic E-state index is 12.9. The number of benzene rings is 2. The van der Waals surface area contributed by atoms with Gasteiger partial charge in [0.05, 0.1) is 18.2 Å². The fraction of sp³-hybridized carbons (Fsp3) is 0.304. The molecule has 4 rings (SSSR count). The number of aliphatic hydroxyl groups excluding tert-OH is 1. The van der Waals surface area contributed by atoms with Crippen molar-refractivity contribution in [1.29, 1.82) is 0 Å². The normalized spacial score (nSPS) is 19.8. The van der Waals surface area contributed by atoms with Crippen molar-refractivity contribution >= 4 is 17.4 Å². The van der Waals surface area contributed by atoms with Gasteiger partial charge in [0.2, 0.25) is 0 Å². The number of nitrogens with zero attached hydrogens (tertiary/aromatic N) is 1. The molecule has 0 bridgehead atoms. The summed E-state index contributed by atoms with van der Waals surface area (Å²) in [5, 5.41) is 21.0. The van der Waals surface area contributed by atoms with Gasteiger partial charge in [0.15, 0.2) is 0 Å². The lowest BCUT2D eigenvalue weighted by Crippen LogP contribution is -2.31. The summed E-state index contributed by atoms with van der Waals surface area (Å²) in [6.07, 6.45) is 1.26. The van der Waals surface area contributed by atoms with Gasteiger partial charge in [-0.25, -0.2) is 0 Å². The Balaban J connectivity index is 1.81. The minimum atomic E-state index is -0.793. The summed E-state index contributed by atoms with van der Waals surface area (Å²) in [6.45, 7) is 1.29. The van der Waals surface area contributed by atoms with E-state index < -0.39 is 17.7 Å². The predicted octanol–water partition coefficient (Wildman–Crippen LogP) is 2.79. The maximum atomic E-state index is 12.9. The summed E-state index contributed by atoms with van der Waals surface area (Å²) in [6, 6.07) is 10.8. The fourth-order valence-corrected chi connectivity index (χ4v) is 4.02. The highest BCUT2D eigenvalue weighted by Gasteiger charge is 2.45. The van der Waals surface area contributed by atoms with Crippen molar-refractivity contribution in [1.82, 2.24) is 4.90 Å². The van der Waals surface area contributed by atoms with Gasteiger partial charge in [-0.15, -0.1) is 0 Å². The molecule has 2 aliphatic heterocycles. The Morgan fingerprint density at radius 2 is 2.07 bits per heavy atom. The predicted molar refractivity (Wildman–Crippen MR) is 109 cm³/mol. The van der Waals surface area contributed by atoms with Crippen LogP contribution < -0.4 is 4.74 Å². The third kappa shape index (κ3) is 3.52. The minimum absolute atomic E-state index is 0.0156. The van der Waals surface area contributed by atoms with Crippen LogP contribution in [0.25, 0.3) is 5.76 Å². The van der Waals surface area contributed by atoms with E-state index in [0.29, 0.717) is 30.8 Å². The molecule has 0 radical (unpaired) electrons. The molecule has 0 aliphatic carbocycles. The van der Waals surface area contributed by atoms with E-state index in [-0.39, 0.29) is 23.6 Å². The average Bonchev–Trinajstić information content (AvgIpc) is 3.31. The number of Topliss-reactive ketones (excluding diaryl/α,β-unsaturated/α-hetero) is 1. The van der Waals surface area contributed by atoms with Crippen LogP contribution in [0, 0.1) is 0 Å². The van der Waals surface area contributed by atoms with Crippen molar-refractivity contribution in [2.24, 2.45) is 0 Å². The highest BCUT2D eigenvalue weighted by atomic mass is 16.5. The molecular weight excluding hydrogens is 386 g/mol. The molecule has 156 valence electrons. The van der Waals surface area contributed by atoms with Crippen molar-refractivity contribution in [3.63, 3.8) is 0 Å². The molecular formula is C23H23NO6. The number of ether oxygens (including phenoxy) is 2. The second-order valence-electron chi connectivity index (χ2n) is 7.35. The smallest absolute Gasteiger partial charge is 0.295 e. The van der Waals surface area contributed by atoms with Crippen LogP contribution in [-0.2, 0) is 20.7 Å². The van der Waals surface area contributed by atoms with Crippen LogP contribution >= 0.6 is 0 Å². The summed E-state index contributed by atoms with van der Waals surface area (Å²) in [4.78, 5) is 27.2. The SMILES string of the molecule is COCCCN1C(=O)C(=O)/C(=C(\O)c2ccc3c(c2)CCO3)C1c1cccc(O)c1. The molecule has 30 heavy (non-hydrogen) atoms. The molecule has 1 saturated heterocycles. The molecule has 2 aromatic carbocycles. The Morgan fingerprint density at radius 1 is 1.23 bits per heavy atom. The number of rotatable bonds is 6. The van der Waals surface area contributed by atoms with E-state index >= 15 is 0 Å². The van der Waals surface area contributed by atoms with Crippen LogP contribution in [0.3, 0.4) is 0 Å². The third-order valence-electron chi connectivity index (χ3n) is 5.44. The molecule has 2 aliphatic rings. The van der Waals surface area contributed by atoms with Crippen LogP contribution in [0.1, 0.15) is 29.2 Å². The van der Waals surface area contributed by atoms with E-state index in [0.717, 1.165) is 17.7 Å². The van der Waals surface area contributed by atoms with Crippen molar-refractivity contribution in [2.75, 3.05) is 26.9 Å². The quantitative estimate of drug-likeness (QED) is 0.330. The van der Waals surface area contributed by atoms with Crippen molar-refractivity contribution in [3.8, 4) is 11.5 Å². The molecule has 1 atom stereocenters. The molecule has 1 unspecified atom stereocenters. The first-order valence-corrected chi connectivity index (χ1v) is 9.83. The van der Waals surface area contributed by atoms with E-state index in [9.17, 15) is 19.8 Å². The molecule has 2 N–H and O–H groups in total. The zero-order chi connectivity index (χ0) is 21.3. The average molecular weight is 409 g/mol. The number of fused-ring (bicyclic) bond motifs is 1. The highest BCUT2D eigenvalue weighted by Crippen LogP contribution is 2.41. The Labute approximate surface area is 174 Å². The van der Waals surface area contributed by atoms with Crippen LogP contribution in [-0.4, -0.2) is 53.7 Å². The lowest BCUT2D eigenvalue weighted by molar-refractivity contribution is -0.140. The molecule has 1 fully saturated rings. The number of carbonyl (C=O) groups excluding carboxylic acids is 2. The Hall–Kier alpha value is -3.32. The zero-order valence-electron chi connectivity index (χ0n) is 16.6. The van der Waals surface area contributed by atoms with Gasteiger partial charge in [-0.3, -0.25) is 9.59 Å². The van der Waals surface area contributed by atoms with Gasteiger partial charge in [0, 0.05) is 32.2 Å². The lowest BCUT2D eigenvalue weighted by Gasteiger charge is -2.25. The summed E-state index contributed by atoms with van der Waals surface area (Å²) in [5.41, 5.74) is 1.97. The zero-order valence-corrected chi connectivity index (χ0v) is 16.6. The number of likely N-dealkylation sites (tertiary alicyclic amines) is 1. The van der Waals surface area contributed by atoms with Gasteiger partial charge in [0.1, 0.15) is 17.3 Å². The first-order valence-electron chi connectivity index (χ1n) is 9.83. The Morgan fingerprint density at radius 3 is 2.83 bits per heavy atom.